The van der Waals surface area contributed by atoms with Gasteiger partial charge in [0.1, 0.15) is 11.9 Å². The molecule has 1 aliphatic heterocycles. The number of carbonyl (C=O) groups excluding carboxylic acids is 1. The largest absolute Gasteiger partial charge is 0.368 e. The molecule has 24 heavy (non-hydrogen) atoms. The standard InChI is InChI=1S/C17H23N5O2/c1-4-17(23)22-8-9-24-14(11-22)13-6-5-7-15(18-13)19-16-10-12(2)21(3)20-16/h5-7,10,14H,4,8-9,11H2,1-3H3,(H,18,19,20)/t14-/m0/s1. The molecule has 2 aromatic rings. The molecule has 128 valence electrons. The molecular formula is C17H23N5O2. The van der Waals surface area contributed by atoms with Crippen molar-refractivity contribution in [3.05, 3.63) is 35.7 Å². The lowest BCUT2D eigenvalue weighted by molar-refractivity contribution is -0.138. The maximum atomic E-state index is 11.9. The summed E-state index contributed by atoms with van der Waals surface area (Å²) in [5.74, 6) is 1.63. The van der Waals surface area contributed by atoms with Gasteiger partial charge in [-0.1, -0.05) is 13.0 Å². The van der Waals surface area contributed by atoms with E-state index in [0.29, 0.717) is 31.9 Å². The van der Waals surface area contributed by atoms with Crippen molar-refractivity contribution in [1.82, 2.24) is 19.7 Å². The van der Waals surface area contributed by atoms with Gasteiger partial charge in [-0.3, -0.25) is 9.48 Å². The summed E-state index contributed by atoms with van der Waals surface area (Å²) in [6.45, 7) is 5.61. The van der Waals surface area contributed by atoms with Gasteiger partial charge in [0.05, 0.1) is 18.8 Å². The quantitative estimate of drug-likeness (QED) is 0.931. The molecule has 0 aliphatic carbocycles. The smallest absolute Gasteiger partial charge is 0.222 e. The number of hydrogen-bond donors (Lipinski definition) is 1. The van der Waals surface area contributed by atoms with Crippen LogP contribution in [0.4, 0.5) is 11.6 Å². The van der Waals surface area contributed by atoms with E-state index in [-0.39, 0.29) is 12.0 Å². The van der Waals surface area contributed by atoms with E-state index in [1.54, 1.807) is 0 Å². The highest BCUT2D eigenvalue weighted by Crippen LogP contribution is 2.23. The molecule has 0 radical (unpaired) electrons. The van der Waals surface area contributed by atoms with Crippen molar-refractivity contribution < 1.29 is 9.53 Å². The molecule has 7 heteroatoms. The zero-order chi connectivity index (χ0) is 17.1. The van der Waals surface area contributed by atoms with Crippen molar-refractivity contribution in [2.24, 2.45) is 7.05 Å². The zero-order valence-corrected chi connectivity index (χ0v) is 14.3. The second-order valence-corrected chi connectivity index (χ2v) is 5.92. The van der Waals surface area contributed by atoms with E-state index in [0.717, 1.165) is 17.2 Å². The number of carbonyl (C=O) groups is 1. The Bertz CT molecular complexity index is 708. The molecule has 7 nitrogen and oxygen atoms in total. The van der Waals surface area contributed by atoms with Crippen LogP contribution in [0, 0.1) is 6.92 Å². The topological polar surface area (TPSA) is 72.3 Å². The van der Waals surface area contributed by atoms with Crippen LogP contribution in [0.5, 0.6) is 0 Å². The lowest BCUT2D eigenvalue weighted by atomic mass is 10.1. The molecule has 0 unspecified atom stereocenters. The Morgan fingerprint density at radius 2 is 2.25 bits per heavy atom. The number of rotatable bonds is 4. The van der Waals surface area contributed by atoms with E-state index < -0.39 is 0 Å². The summed E-state index contributed by atoms with van der Waals surface area (Å²) in [6, 6.07) is 7.72. The summed E-state index contributed by atoms with van der Waals surface area (Å²) < 4.78 is 7.62. The molecule has 1 saturated heterocycles. The van der Waals surface area contributed by atoms with E-state index in [1.165, 1.54) is 0 Å². The van der Waals surface area contributed by atoms with Crippen LogP contribution < -0.4 is 5.32 Å². The molecule has 1 fully saturated rings. The number of ether oxygens (including phenoxy) is 1. The SMILES string of the molecule is CCC(=O)N1CCO[C@H](c2cccc(Nc3cc(C)n(C)n3)n2)C1. The Hall–Kier alpha value is -2.41. The van der Waals surface area contributed by atoms with Crippen molar-refractivity contribution in [1.29, 1.82) is 0 Å². The molecule has 2 aromatic heterocycles. The first kappa shape index (κ1) is 16.4. The predicted octanol–water partition coefficient (Wildman–Crippen LogP) is 2.18. The predicted molar refractivity (Wildman–Crippen MR) is 91.0 cm³/mol. The molecular weight excluding hydrogens is 306 g/mol. The first-order valence-electron chi connectivity index (χ1n) is 8.21. The number of aryl methyl sites for hydroxylation is 2. The van der Waals surface area contributed by atoms with Crippen molar-refractivity contribution in [3.8, 4) is 0 Å². The molecule has 0 saturated carbocycles. The number of anilines is 2. The second kappa shape index (κ2) is 7.00. The third kappa shape index (κ3) is 3.56. The number of pyridine rings is 1. The van der Waals surface area contributed by atoms with Crippen LogP contribution in [-0.2, 0) is 16.6 Å². The number of nitrogens with one attached hydrogen (secondary N) is 1. The summed E-state index contributed by atoms with van der Waals surface area (Å²) in [5, 5.41) is 7.59. The highest BCUT2D eigenvalue weighted by Gasteiger charge is 2.25. The number of aromatic nitrogens is 3. The highest BCUT2D eigenvalue weighted by atomic mass is 16.5. The van der Waals surface area contributed by atoms with E-state index >= 15 is 0 Å². The van der Waals surface area contributed by atoms with Crippen LogP contribution >= 0.6 is 0 Å². The first-order chi connectivity index (χ1) is 11.6. The fraction of sp³-hybridized carbons (Fsp3) is 0.471. The third-order valence-electron chi connectivity index (χ3n) is 4.19. The van der Waals surface area contributed by atoms with Crippen LogP contribution in [0.15, 0.2) is 24.3 Å². The Balaban J connectivity index is 1.73. The van der Waals surface area contributed by atoms with Crippen LogP contribution in [0.3, 0.4) is 0 Å². The molecule has 3 rings (SSSR count). The van der Waals surface area contributed by atoms with Crippen LogP contribution in [0.2, 0.25) is 0 Å². The molecule has 0 aromatic carbocycles. The summed E-state index contributed by atoms with van der Waals surface area (Å²) in [7, 11) is 1.90. The zero-order valence-electron chi connectivity index (χ0n) is 14.3. The Labute approximate surface area is 141 Å². The van der Waals surface area contributed by atoms with E-state index in [9.17, 15) is 4.79 Å². The van der Waals surface area contributed by atoms with Crippen LogP contribution in [0.25, 0.3) is 0 Å². The normalized spacial score (nSPS) is 17.8. The van der Waals surface area contributed by atoms with Crippen LogP contribution in [-0.4, -0.2) is 45.3 Å². The van der Waals surface area contributed by atoms with Crippen molar-refractivity contribution >= 4 is 17.5 Å². The maximum absolute atomic E-state index is 11.9. The Morgan fingerprint density at radius 3 is 2.96 bits per heavy atom. The minimum atomic E-state index is -0.193. The van der Waals surface area contributed by atoms with Gasteiger partial charge >= 0.3 is 0 Å². The molecule has 0 bridgehead atoms. The van der Waals surface area contributed by atoms with Gasteiger partial charge in [0.15, 0.2) is 5.82 Å². The number of hydrogen-bond acceptors (Lipinski definition) is 5. The molecule has 1 aliphatic rings. The van der Waals surface area contributed by atoms with Crippen molar-refractivity contribution in [2.45, 2.75) is 26.4 Å². The van der Waals surface area contributed by atoms with Gasteiger partial charge < -0.3 is 15.0 Å². The average Bonchev–Trinajstić information content (AvgIpc) is 2.92. The van der Waals surface area contributed by atoms with Gasteiger partial charge in [-0.05, 0) is 19.1 Å². The van der Waals surface area contributed by atoms with Gasteiger partial charge in [0, 0.05) is 31.8 Å². The summed E-state index contributed by atoms with van der Waals surface area (Å²) >= 11 is 0. The summed E-state index contributed by atoms with van der Waals surface area (Å²) in [5.41, 5.74) is 1.89. The van der Waals surface area contributed by atoms with E-state index in [4.69, 9.17) is 4.74 Å². The van der Waals surface area contributed by atoms with Gasteiger partial charge in [0.2, 0.25) is 5.91 Å². The monoisotopic (exact) mass is 329 g/mol. The Kier molecular flexibility index (Phi) is 4.80. The molecule has 0 spiro atoms. The summed E-state index contributed by atoms with van der Waals surface area (Å²) in [6.07, 6.45) is 0.322. The summed E-state index contributed by atoms with van der Waals surface area (Å²) in [4.78, 5) is 18.4. The molecule has 3 heterocycles. The lowest BCUT2D eigenvalue weighted by Crippen LogP contribution is -2.42. The molecule has 1 atom stereocenters. The van der Waals surface area contributed by atoms with Gasteiger partial charge in [-0.25, -0.2) is 4.98 Å². The highest BCUT2D eigenvalue weighted by molar-refractivity contribution is 5.75. The van der Waals surface area contributed by atoms with Crippen molar-refractivity contribution in [2.75, 3.05) is 25.0 Å². The number of morpholine rings is 1. The van der Waals surface area contributed by atoms with Crippen LogP contribution in [0.1, 0.15) is 30.8 Å². The molecule has 1 amide bonds. The van der Waals surface area contributed by atoms with Gasteiger partial charge in [-0.15, -0.1) is 0 Å². The third-order valence-corrected chi connectivity index (χ3v) is 4.19. The second-order valence-electron chi connectivity index (χ2n) is 5.92. The van der Waals surface area contributed by atoms with Gasteiger partial charge in [-0.2, -0.15) is 5.10 Å². The lowest BCUT2D eigenvalue weighted by Gasteiger charge is -2.32. The minimum Gasteiger partial charge on any atom is -0.368 e. The van der Waals surface area contributed by atoms with E-state index in [2.05, 4.69) is 15.4 Å². The maximum Gasteiger partial charge on any atom is 0.222 e. The minimum absolute atomic E-state index is 0.154. The first-order valence-corrected chi connectivity index (χ1v) is 8.21. The van der Waals surface area contributed by atoms with Crippen molar-refractivity contribution in [3.63, 3.8) is 0 Å². The number of amides is 1. The van der Waals surface area contributed by atoms with E-state index in [1.807, 2.05) is 54.7 Å². The van der Waals surface area contributed by atoms with Gasteiger partial charge in [0.25, 0.3) is 0 Å². The fourth-order valence-corrected chi connectivity index (χ4v) is 2.73. The fourth-order valence-electron chi connectivity index (χ4n) is 2.73. The number of nitrogens with zero attached hydrogens (tertiary/aromatic N) is 4. The molecule has 1 N–H and O–H groups in total. The average molecular weight is 329 g/mol. The Morgan fingerprint density at radius 1 is 1.42 bits per heavy atom.